The maximum atomic E-state index is 11.8. The third kappa shape index (κ3) is 3.58. The van der Waals surface area contributed by atoms with Gasteiger partial charge in [-0.1, -0.05) is 5.59 Å². The molecule has 0 unspecified atom stereocenters. The van der Waals surface area contributed by atoms with E-state index in [9.17, 15) is 14.4 Å². The summed E-state index contributed by atoms with van der Waals surface area (Å²) in [6, 6.07) is 6.26. The van der Waals surface area contributed by atoms with Gasteiger partial charge in [-0.3, -0.25) is 4.79 Å². The molecule has 0 aromatic heterocycles. The van der Waals surface area contributed by atoms with Crippen molar-refractivity contribution in [2.24, 2.45) is 10.2 Å². The van der Waals surface area contributed by atoms with Crippen molar-refractivity contribution in [3.8, 4) is 0 Å². The van der Waals surface area contributed by atoms with Crippen LogP contribution in [0.3, 0.4) is 0 Å². The van der Waals surface area contributed by atoms with Crippen LogP contribution in [0, 0.1) is 0 Å². The molecule has 1 fully saturated rings. The summed E-state index contributed by atoms with van der Waals surface area (Å²) in [6.07, 6.45) is 0. The number of ether oxygens (including phenoxy) is 1. The number of azo groups is 1. The fourth-order valence-electron chi connectivity index (χ4n) is 1.82. The van der Waals surface area contributed by atoms with Gasteiger partial charge in [0.05, 0.1) is 24.1 Å². The van der Waals surface area contributed by atoms with Crippen molar-refractivity contribution in [3.05, 3.63) is 41.2 Å². The Hall–Kier alpha value is -3.07. The SMILES string of the molecule is COC(=O)c1ccc(N2NOC(=O)/C2=C(/C)N=NC(C)=O)cc1. The van der Waals surface area contributed by atoms with Crippen LogP contribution in [-0.2, 0) is 19.2 Å². The van der Waals surface area contributed by atoms with Crippen molar-refractivity contribution in [2.45, 2.75) is 13.8 Å². The number of carbonyl (C=O) groups excluding carboxylic acids is 3. The normalized spacial score (nSPS) is 16.5. The zero-order valence-electron chi connectivity index (χ0n) is 12.7. The largest absolute Gasteiger partial charge is 0.465 e. The third-order valence-corrected chi connectivity index (χ3v) is 2.88. The first-order chi connectivity index (χ1) is 10.9. The minimum absolute atomic E-state index is 0.0841. The van der Waals surface area contributed by atoms with Crippen molar-refractivity contribution in [1.82, 2.24) is 5.59 Å². The number of amides is 1. The van der Waals surface area contributed by atoms with Crippen LogP contribution in [0.25, 0.3) is 0 Å². The average Bonchev–Trinajstić information content (AvgIpc) is 2.93. The Morgan fingerprint density at radius 3 is 2.39 bits per heavy atom. The van der Waals surface area contributed by atoms with E-state index in [2.05, 4.69) is 20.6 Å². The maximum Gasteiger partial charge on any atom is 0.378 e. The Labute approximate surface area is 131 Å². The molecule has 1 heterocycles. The smallest absolute Gasteiger partial charge is 0.378 e. The predicted molar refractivity (Wildman–Crippen MR) is 77.7 cm³/mol. The Morgan fingerprint density at radius 1 is 1.17 bits per heavy atom. The monoisotopic (exact) mass is 318 g/mol. The molecule has 0 bridgehead atoms. The maximum absolute atomic E-state index is 11.8. The number of anilines is 1. The van der Waals surface area contributed by atoms with E-state index in [4.69, 9.17) is 4.84 Å². The van der Waals surface area contributed by atoms with Gasteiger partial charge in [0, 0.05) is 6.92 Å². The highest BCUT2D eigenvalue weighted by molar-refractivity contribution is 5.95. The predicted octanol–water partition coefficient (Wildman–Crippen LogP) is 1.49. The van der Waals surface area contributed by atoms with E-state index in [0.29, 0.717) is 11.3 Å². The number of nitrogens with one attached hydrogen (secondary N) is 1. The van der Waals surface area contributed by atoms with Gasteiger partial charge >= 0.3 is 11.9 Å². The lowest BCUT2D eigenvalue weighted by atomic mass is 10.2. The van der Waals surface area contributed by atoms with E-state index in [1.807, 2.05) is 0 Å². The molecule has 2 rings (SSSR count). The van der Waals surface area contributed by atoms with Crippen LogP contribution in [0.4, 0.5) is 5.69 Å². The molecular weight excluding hydrogens is 304 g/mol. The van der Waals surface area contributed by atoms with Crippen LogP contribution >= 0.6 is 0 Å². The Morgan fingerprint density at radius 2 is 1.83 bits per heavy atom. The molecular formula is C14H14N4O5. The van der Waals surface area contributed by atoms with Crippen LogP contribution in [0.5, 0.6) is 0 Å². The summed E-state index contributed by atoms with van der Waals surface area (Å²) >= 11 is 0. The number of hydrazine groups is 1. The molecule has 1 aliphatic rings. The lowest BCUT2D eigenvalue weighted by molar-refractivity contribution is -0.140. The van der Waals surface area contributed by atoms with Crippen molar-refractivity contribution in [2.75, 3.05) is 12.1 Å². The molecule has 0 spiro atoms. The topological polar surface area (TPSA) is 110 Å². The minimum Gasteiger partial charge on any atom is -0.465 e. The molecule has 9 heteroatoms. The van der Waals surface area contributed by atoms with E-state index < -0.39 is 17.8 Å². The van der Waals surface area contributed by atoms with E-state index in [1.165, 1.54) is 38.1 Å². The van der Waals surface area contributed by atoms with Crippen molar-refractivity contribution >= 4 is 23.5 Å². The molecule has 1 saturated heterocycles. The number of methoxy groups -OCH3 is 1. The zero-order chi connectivity index (χ0) is 17.0. The molecule has 0 saturated carbocycles. The highest BCUT2D eigenvalue weighted by Crippen LogP contribution is 2.25. The second kappa shape index (κ2) is 6.79. The van der Waals surface area contributed by atoms with E-state index in [1.54, 1.807) is 12.1 Å². The van der Waals surface area contributed by atoms with Gasteiger partial charge in [-0.2, -0.15) is 0 Å². The minimum atomic E-state index is -0.665. The molecule has 120 valence electrons. The van der Waals surface area contributed by atoms with Gasteiger partial charge in [0.25, 0.3) is 5.91 Å². The first-order valence-corrected chi connectivity index (χ1v) is 6.52. The summed E-state index contributed by atoms with van der Waals surface area (Å²) in [4.78, 5) is 38.9. The summed E-state index contributed by atoms with van der Waals surface area (Å²) in [5, 5.41) is 8.41. The number of allylic oxidation sites excluding steroid dienone is 1. The molecule has 1 aliphatic heterocycles. The fraction of sp³-hybridized carbons (Fsp3) is 0.214. The number of hydrogen-bond donors (Lipinski definition) is 1. The lowest BCUT2D eigenvalue weighted by Crippen LogP contribution is -2.29. The molecule has 1 N–H and O–H groups in total. The van der Waals surface area contributed by atoms with Gasteiger partial charge in [-0.25, -0.2) is 14.6 Å². The lowest BCUT2D eigenvalue weighted by Gasteiger charge is -2.16. The van der Waals surface area contributed by atoms with Gasteiger partial charge in [-0.05, 0) is 31.2 Å². The molecule has 1 amide bonds. The molecule has 1 aromatic rings. The van der Waals surface area contributed by atoms with Crippen LogP contribution in [0.2, 0.25) is 0 Å². The number of carbonyl (C=O) groups is 3. The highest BCUT2D eigenvalue weighted by Gasteiger charge is 2.31. The zero-order valence-corrected chi connectivity index (χ0v) is 12.7. The summed E-state index contributed by atoms with van der Waals surface area (Å²) in [5.41, 5.74) is 3.60. The first kappa shape index (κ1) is 16.3. The second-order valence-electron chi connectivity index (χ2n) is 4.51. The average molecular weight is 318 g/mol. The van der Waals surface area contributed by atoms with Gasteiger partial charge in [0.2, 0.25) is 0 Å². The van der Waals surface area contributed by atoms with Crippen LogP contribution in [-0.4, -0.2) is 25.0 Å². The number of benzene rings is 1. The van der Waals surface area contributed by atoms with Gasteiger partial charge in [0.15, 0.2) is 5.70 Å². The number of hydrogen-bond acceptors (Lipinski definition) is 8. The number of rotatable bonds is 3. The molecule has 23 heavy (non-hydrogen) atoms. The third-order valence-electron chi connectivity index (χ3n) is 2.88. The van der Waals surface area contributed by atoms with Gasteiger partial charge in [-0.15, -0.1) is 10.2 Å². The summed E-state index contributed by atoms with van der Waals surface area (Å²) in [5.74, 6) is -1.62. The van der Waals surface area contributed by atoms with Crippen LogP contribution in [0.1, 0.15) is 24.2 Å². The first-order valence-electron chi connectivity index (χ1n) is 6.52. The van der Waals surface area contributed by atoms with Crippen molar-refractivity contribution in [3.63, 3.8) is 0 Å². The number of nitrogens with zero attached hydrogens (tertiary/aromatic N) is 3. The Balaban J connectivity index is 2.34. The Bertz CT molecular complexity index is 708. The van der Waals surface area contributed by atoms with Gasteiger partial charge < -0.3 is 9.57 Å². The summed E-state index contributed by atoms with van der Waals surface area (Å²) in [6.45, 7) is 2.77. The summed E-state index contributed by atoms with van der Waals surface area (Å²) in [7, 11) is 1.29. The van der Waals surface area contributed by atoms with Crippen molar-refractivity contribution < 1.29 is 24.0 Å². The quantitative estimate of drug-likeness (QED) is 0.510. The van der Waals surface area contributed by atoms with E-state index in [-0.39, 0.29) is 11.4 Å². The Kier molecular flexibility index (Phi) is 4.82. The fourth-order valence-corrected chi connectivity index (χ4v) is 1.82. The molecule has 0 aliphatic carbocycles. The van der Waals surface area contributed by atoms with E-state index in [0.717, 1.165) is 0 Å². The van der Waals surface area contributed by atoms with Crippen LogP contribution < -0.4 is 10.6 Å². The molecule has 0 radical (unpaired) electrons. The van der Waals surface area contributed by atoms with Crippen molar-refractivity contribution in [1.29, 1.82) is 0 Å². The van der Waals surface area contributed by atoms with Crippen LogP contribution in [0.15, 0.2) is 45.9 Å². The molecule has 1 aromatic carbocycles. The molecule has 0 atom stereocenters. The van der Waals surface area contributed by atoms with E-state index >= 15 is 0 Å². The molecule has 9 nitrogen and oxygen atoms in total. The highest BCUT2D eigenvalue weighted by atomic mass is 16.7. The number of esters is 1. The summed E-state index contributed by atoms with van der Waals surface area (Å²) < 4.78 is 4.62. The second-order valence-corrected chi connectivity index (χ2v) is 4.51. The van der Waals surface area contributed by atoms with Gasteiger partial charge in [0.1, 0.15) is 0 Å². The standard InChI is InChI=1S/C14H14N4O5/c1-8(15-16-9(2)19)12-14(21)23-17-18(12)11-6-4-10(5-7-11)13(20)22-3/h4-7,17H,1-3H3/b12-8+,16-15?.